The molecule has 0 bridgehead atoms. The van der Waals surface area contributed by atoms with Crippen molar-refractivity contribution in [3.05, 3.63) is 62.5 Å². The first-order valence-corrected chi connectivity index (χ1v) is 16.1. The molecule has 1 heterocycles. The molecular formula is C30H34BrClFN3O6S. The maximum absolute atomic E-state index is 15.4. The predicted molar refractivity (Wildman–Crippen MR) is 170 cm³/mol. The van der Waals surface area contributed by atoms with E-state index < -0.39 is 44.9 Å². The number of aromatic nitrogens is 1. The number of nitrogens with one attached hydrogen (secondary N) is 2. The molecule has 0 aliphatic heterocycles. The number of sulfonamides is 1. The van der Waals surface area contributed by atoms with E-state index in [1.165, 1.54) is 24.3 Å². The molecule has 9 nitrogen and oxygen atoms in total. The minimum Gasteiger partial charge on any atom is -0.456 e. The van der Waals surface area contributed by atoms with Crippen LogP contribution in [0, 0.1) is 18.2 Å². The molecule has 2 aromatic carbocycles. The number of fused-ring (bicyclic) bond motifs is 1. The predicted octanol–water partition coefficient (Wildman–Crippen LogP) is 6.64. The quantitative estimate of drug-likeness (QED) is 0.146. The average molecular weight is 699 g/mol. The molecule has 0 fully saturated rings. The highest BCUT2D eigenvalue weighted by atomic mass is 79.9. The lowest BCUT2D eigenvalue weighted by molar-refractivity contribution is 0.00704. The van der Waals surface area contributed by atoms with E-state index in [9.17, 15) is 18.0 Å². The fourth-order valence-corrected chi connectivity index (χ4v) is 5.93. The summed E-state index contributed by atoms with van der Waals surface area (Å²) in [7, 11) is -4.10. The van der Waals surface area contributed by atoms with Gasteiger partial charge in [-0.05, 0) is 83.9 Å². The number of hydrogen-bond donors (Lipinski definition) is 2. The standard InChI is InChI=1S/C30H34BrClFN3O6S/c1-8-12-34-17-25-20(21-14-18(31)15-23(33)26(21)36(25)28(38)42-30(5,6)7)11-13-43(39,40)35-24-10-9-19(32)16-22(24)27(37)41-29(2,3)4/h1,9-10,14-16,34-35H,11-13,17H2,2-7H3. The number of benzene rings is 2. The van der Waals surface area contributed by atoms with Crippen molar-refractivity contribution in [1.29, 1.82) is 0 Å². The number of rotatable bonds is 9. The Morgan fingerprint density at radius 1 is 1.09 bits per heavy atom. The van der Waals surface area contributed by atoms with Crippen molar-refractivity contribution in [3.63, 3.8) is 0 Å². The molecule has 0 amide bonds. The van der Waals surface area contributed by atoms with Crippen molar-refractivity contribution in [2.45, 2.75) is 65.7 Å². The smallest absolute Gasteiger partial charge is 0.419 e. The van der Waals surface area contributed by atoms with Gasteiger partial charge in [-0.3, -0.25) is 4.72 Å². The number of halogens is 3. The summed E-state index contributed by atoms with van der Waals surface area (Å²) in [6.45, 7) is 10.3. The van der Waals surface area contributed by atoms with Crippen LogP contribution in [0.2, 0.25) is 5.02 Å². The molecule has 3 rings (SSSR count). The molecule has 13 heteroatoms. The number of ether oxygens (including phenoxy) is 2. The molecule has 2 N–H and O–H groups in total. The Hall–Kier alpha value is -3.11. The molecular weight excluding hydrogens is 665 g/mol. The Kier molecular flexibility index (Phi) is 10.6. The number of anilines is 1. The number of hydrogen-bond acceptors (Lipinski definition) is 7. The average Bonchev–Trinajstić information content (AvgIpc) is 3.15. The van der Waals surface area contributed by atoms with Crippen LogP contribution < -0.4 is 10.0 Å². The Balaban J connectivity index is 2.06. The number of terminal acetylenes is 1. The second-order valence-corrected chi connectivity index (χ2v) is 14.9. The van der Waals surface area contributed by atoms with Gasteiger partial charge in [0.2, 0.25) is 10.0 Å². The molecule has 0 spiro atoms. The van der Waals surface area contributed by atoms with E-state index in [0.717, 1.165) is 4.57 Å². The van der Waals surface area contributed by atoms with Crippen LogP contribution in [0.5, 0.6) is 0 Å². The zero-order valence-electron chi connectivity index (χ0n) is 24.7. The van der Waals surface area contributed by atoms with E-state index in [4.69, 9.17) is 27.5 Å². The van der Waals surface area contributed by atoms with Gasteiger partial charge in [0, 0.05) is 27.1 Å². The van der Waals surface area contributed by atoms with Gasteiger partial charge < -0.3 is 14.8 Å². The van der Waals surface area contributed by atoms with E-state index in [0.29, 0.717) is 21.1 Å². The zero-order valence-corrected chi connectivity index (χ0v) is 27.9. The second kappa shape index (κ2) is 13.3. The van der Waals surface area contributed by atoms with E-state index in [-0.39, 0.29) is 41.3 Å². The lowest BCUT2D eigenvalue weighted by atomic mass is 10.1. The third-order valence-corrected chi connectivity index (χ3v) is 7.74. The van der Waals surface area contributed by atoms with Gasteiger partial charge in [0.15, 0.2) is 0 Å². The minimum atomic E-state index is -4.10. The van der Waals surface area contributed by atoms with E-state index >= 15 is 4.39 Å². The number of aryl methyl sites for hydroxylation is 1. The van der Waals surface area contributed by atoms with Crippen LogP contribution in [0.15, 0.2) is 34.8 Å². The lowest BCUT2D eigenvalue weighted by Crippen LogP contribution is -2.29. The Bertz CT molecular complexity index is 1700. The number of esters is 1. The van der Waals surface area contributed by atoms with Gasteiger partial charge in [-0.1, -0.05) is 33.5 Å². The third kappa shape index (κ3) is 9.19. The first kappa shape index (κ1) is 34.4. The van der Waals surface area contributed by atoms with E-state index in [1.54, 1.807) is 47.6 Å². The van der Waals surface area contributed by atoms with Gasteiger partial charge in [-0.2, -0.15) is 0 Å². The van der Waals surface area contributed by atoms with Crippen LogP contribution in [0.25, 0.3) is 10.9 Å². The topological polar surface area (TPSA) is 116 Å². The van der Waals surface area contributed by atoms with Gasteiger partial charge in [0.1, 0.15) is 17.0 Å². The zero-order chi connectivity index (χ0) is 32.3. The van der Waals surface area contributed by atoms with Crippen molar-refractivity contribution in [3.8, 4) is 12.3 Å². The maximum Gasteiger partial charge on any atom is 0.419 e. The Morgan fingerprint density at radius 3 is 2.35 bits per heavy atom. The summed E-state index contributed by atoms with van der Waals surface area (Å²) in [6.07, 6.45) is 4.44. The fourth-order valence-electron chi connectivity index (χ4n) is 4.24. The van der Waals surface area contributed by atoms with E-state index in [2.05, 4.69) is 31.9 Å². The van der Waals surface area contributed by atoms with Crippen LogP contribution >= 0.6 is 27.5 Å². The van der Waals surface area contributed by atoms with Crippen LogP contribution in [0.1, 0.15) is 63.2 Å². The number of carbonyl (C=O) groups is 2. The van der Waals surface area contributed by atoms with Crippen molar-refractivity contribution >= 4 is 66.2 Å². The first-order chi connectivity index (χ1) is 19.8. The molecule has 43 heavy (non-hydrogen) atoms. The molecule has 3 aromatic rings. The van der Waals surface area contributed by atoms with Gasteiger partial charge >= 0.3 is 12.1 Å². The summed E-state index contributed by atoms with van der Waals surface area (Å²) >= 11 is 9.38. The minimum absolute atomic E-state index is 0.0143. The molecule has 0 saturated carbocycles. The van der Waals surface area contributed by atoms with Gasteiger partial charge in [-0.25, -0.2) is 27.0 Å². The van der Waals surface area contributed by atoms with Crippen LogP contribution in [-0.4, -0.2) is 48.5 Å². The maximum atomic E-state index is 15.4. The molecule has 0 atom stereocenters. The van der Waals surface area contributed by atoms with Gasteiger partial charge in [0.25, 0.3) is 0 Å². The van der Waals surface area contributed by atoms with Crippen LogP contribution in [-0.2, 0) is 32.5 Å². The molecule has 1 aromatic heterocycles. The third-order valence-electron chi connectivity index (χ3n) is 5.78. The highest BCUT2D eigenvalue weighted by Crippen LogP contribution is 2.33. The molecule has 0 radical (unpaired) electrons. The summed E-state index contributed by atoms with van der Waals surface area (Å²) in [5.41, 5.74) is -1.14. The normalized spacial score (nSPS) is 12.2. The Labute approximate surface area is 264 Å². The first-order valence-electron chi connectivity index (χ1n) is 13.2. The SMILES string of the molecule is C#CCNCc1c(CCS(=O)(=O)Nc2ccc(Cl)cc2C(=O)OC(C)(C)C)c2cc(Br)cc(F)c2n1C(=O)OC(C)(C)C. The highest BCUT2D eigenvalue weighted by Gasteiger charge is 2.29. The monoisotopic (exact) mass is 697 g/mol. The molecule has 0 unspecified atom stereocenters. The molecule has 0 saturated heterocycles. The highest BCUT2D eigenvalue weighted by molar-refractivity contribution is 9.10. The Morgan fingerprint density at radius 2 is 1.74 bits per heavy atom. The molecule has 0 aliphatic rings. The van der Waals surface area contributed by atoms with Crippen LogP contribution in [0.4, 0.5) is 14.9 Å². The van der Waals surface area contributed by atoms with Crippen molar-refractivity contribution < 1.29 is 31.9 Å². The van der Waals surface area contributed by atoms with Crippen LogP contribution in [0.3, 0.4) is 0 Å². The summed E-state index contributed by atoms with van der Waals surface area (Å²) in [4.78, 5) is 26.2. The van der Waals surface area contributed by atoms with Gasteiger partial charge in [0.05, 0.1) is 29.1 Å². The van der Waals surface area contributed by atoms with Crippen molar-refractivity contribution in [2.75, 3.05) is 17.0 Å². The second-order valence-electron chi connectivity index (χ2n) is 11.7. The van der Waals surface area contributed by atoms with E-state index in [1.807, 2.05) is 0 Å². The van der Waals surface area contributed by atoms with Crippen molar-refractivity contribution in [2.24, 2.45) is 0 Å². The van der Waals surface area contributed by atoms with Gasteiger partial charge in [-0.15, -0.1) is 6.42 Å². The molecule has 232 valence electrons. The summed E-state index contributed by atoms with van der Waals surface area (Å²) in [5.74, 6) is 0.505. The lowest BCUT2D eigenvalue weighted by Gasteiger charge is -2.21. The van der Waals surface area contributed by atoms with Crippen molar-refractivity contribution in [1.82, 2.24) is 9.88 Å². The fraction of sp³-hybridized carbons (Fsp3) is 0.400. The summed E-state index contributed by atoms with van der Waals surface area (Å²) in [6, 6.07) is 6.95. The number of carbonyl (C=O) groups excluding carboxylic acids is 2. The largest absolute Gasteiger partial charge is 0.456 e. The molecule has 0 aliphatic carbocycles. The summed E-state index contributed by atoms with van der Waals surface area (Å²) in [5, 5.41) is 3.54. The number of nitrogens with zero attached hydrogens (tertiary/aromatic N) is 1. The summed E-state index contributed by atoms with van der Waals surface area (Å²) < 4.78 is 57.1.